The molecule has 1 aromatic carbocycles. The molecule has 2 N–H and O–H groups in total. The molecule has 15 heavy (non-hydrogen) atoms. The molecule has 0 saturated carbocycles. The van der Waals surface area contributed by atoms with Gasteiger partial charge in [0.1, 0.15) is 6.67 Å². The topological polar surface area (TPSA) is 29.3 Å². The fourth-order valence-electron chi connectivity index (χ4n) is 2.00. The van der Waals surface area contributed by atoms with E-state index >= 15 is 0 Å². The minimum Gasteiger partial charge on any atom is -0.372 e. The number of hydrogen-bond acceptors (Lipinski definition) is 2. The van der Waals surface area contributed by atoms with Gasteiger partial charge >= 0.3 is 0 Å². The number of hydrogen-bond donors (Lipinski definition) is 1. The average Bonchev–Trinajstić information content (AvgIpc) is 2.82. The molecule has 0 unspecified atom stereocenters. The Morgan fingerprint density at radius 2 is 1.80 bits per heavy atom. The van der Waals surface area contributed by atoms with Gasteiger partial charge in [0.2, 0.25) is 0 Å². The van der Waals surface area contributed by atoms with Gasteiger partial charge in [0.25, 0.3) is 0 Å². The van der Waals surface area contributed by atoms with Gasteiger partial charge in [0, 0.05) is 18.8 Å². The summed E-state index contributed by atoms with van der Waals surface area (Å²) in [6.45, 7) is 1.77. The molecule has 1 heterocycles. The quantitative estimate of drug-likeness (QED) is 0.825. The van der Waals surface area contributed by atoms with Crippen molar-refractivity contribution in [2.24, 2.45) is 5.73 Å². The van der Waals surface area contributed by atoms with Gasteiger partial charge in [-0.25, -0.2) is 4.39 Å². The van der Waals surface area contributed by atoms with Gasteiger partial charge in [-0.05, 0) is 30.5 Å². The third-order valence-corrected chi connectivity index (χ3v) is 2.96. The molecule has 82 valence electrons. The molecule has 0 spiro atoms. The van der Waals surface area contributed by atoms with E-state index in [-0.39, 0.29) is 0 Å². The van der Waals surface area contributed by atoms with Crippen LogP contribution in [0, 0.1) is 0 Å². The Bertz CT molecular complexity index is 304. The molecular weight excluding hydrogens is 191 g/mol. The normalized spacial score (nSPS) is 18.1. The van der Waals surface area contributed by atoms with Crippen LogP contribution in [0.4, 0.5) is 10.1 Å². The Balaban J connectivity index is 2.09. The van der Waals surface area contributed by atoms with Crippen LogP contribution in [0.1, 0.15) is 24.4 Å². The van der Waals surface area contributed by atoms with Crippen molar-refractivity contribution in [1.29, 1.82) is 0 Å². The van der Waals surface area contributed by atoms with Gasteiger partial charge in [-0.1, -0.05) is 12.1 Å². The summed E-state index contributed by atoms with van der Waals surface area (Å²) in [5.74, 6) is 0. The lowest BCUT2D eigenvalue weighted by molar-refractivity contribution is 0.437. The maximum absolute atomic E-state index is 12.3. The lowest BCUT2D eigenvalue weighted by Gasteiger charge is -2.18. The van der Waals surface area contributed by atoms with E-state index in [0.29, 0.717) is 0 Å². The highest BCUT2D eigenvalue weighted by atomic mass is 19.1. The van der Waals surface area contributed by atoms with Gasteiger partial charge in [-0.3, -0.25) is 0 Å². The standard InChI is InChI=1S/C12H17FN2/c13-9-12(14)10-3-5-11(6-4-10)15-7-1-2-8-15/h3-6,12H,1-2,7-9,14H2/t12-/m1/s1. The van der Waals surface area contributed by atoms with Crippen molar-refractivity contribution >= 4 is 5.69 Å². The summed E-state index contributed by atoms with van der Waals surface area (Å²) in [5.41, 5.74) is 7.71. The third kappa shape index (κ3) is 2.29. The van der Waals surface area contributed by atoms with E-state index in [1.165, 1.54) is 18.5 Å². The van der Waals surface area contributed by atoms with E-state index < -0.39 is 12.7 Å². The molecule has 0 aromatic heterocycles. The van der Waals surface area contributed by atoms with Crippen LogP contribution in [0.5, 0.6) is 0 Å². The highest BCUT2D eigenvalue weighted by Gasteiger charge is 2.12. The molecule has 1 aliphatic rings. The fourth-order valence-corrected chi connectivity index (χ4v) is 2.00. The number of rotatable bonds is 3. The highest BCUT2D eigenvalue weighted by Crippen LogP contribution is 2.22. The molecule has 3 heteroatoms. The molecular formula is C12H17FN2. The summed E-state index contributed by atoms with van der Waals surface area (Å²) in [4.78, 5) is 2.35. The lowest BCUT2D eigenvalue weighted by Crippen LogP contribution is -2.18. The number of benzene rings is 1. The van der Waals surface area contributed by atoms with E-state index in [2.05, 4.69) is 4.90 Å². The first-order chi connectivity index (χ1) is 7.31. The zero-order chi connectivity index (χ0) is 10.7. The van der Waals surface area contributed by atoms with E-state index in [1.807, 2.05) is 24.3 Å². The molecule has 1 atom stereocenters. The van der Waals surface area contributed by atoms with Crippen LogP contribution in [0.2, 0.25) is 0 Å². The zero-order valence-electron chi connectivity index (χ0n) is 8.82. The number of nitrogens with two attached hydrogens (primary N) is 1. The Morgan fingerprint density at radius 1 is 1.20 bits per heavy atom. The van der Waals surface area contributed by atoms with Crippen molar-refractivity contribution in [3.05, 3.63) is 29.8 Å². The van der Waals surface area contributed by atoms with Crippen LogP contribution in [-0.4, -0.2) is 19.8 Å². The monoisotopic (exact) mass is 208 g/mol. The maximum atomic E-state index is 12.3. The van der Waals surface area contributed by atoms with Crippen molar-refractivity contribution in [2.45, 2.75) is 18.9 Å². The first kappa shape index (κ1) is 10.4. The second-order valence-corrected chi connectivity index (χ2v) is 4.05. The highest BCUT2D eigenvalue weighted by molar-refractivity contribution is 5.48. The molecule has 0 aliphatic carbocycles. The molecule has 0 amide bonds. The first-order valence-electron chi connectivity index (χ1n) is 5.47. The Labute approximate surface area is 89.9 Å². The van der Waals surface area contributed by atoms with Crippen LogP contribution >= 0.6 is 0 Å². The predicted molar refractivity (Wildman–Crippen MR) is 60.8 cm³/mol. The smallest absolute Gasteiger partial charge is 0.109 e. The molecule has 0 radical (unpaired) electrons. The van der Waals surface area contributed by atoms with Gasteiger partial charge in [0.05, 0.1) is 6.04 Å². The Kier molecular flexibility index (Phi) is 3.21. The molecule has 1 saturated heterocycles. The largest absolute Gasteiger partial charge is 0.372 e. The summed E-state index contributed by atoms with van der Waals surface area (Å²) in [6.07, 6.45) is 2.54. The lowest BCUT2D eigenvalue weighted by atomic mass is 10.1. The molecule has 1 aliphatic heterocycles. The summed E-state index contributed by atoms with van der Waals surface area (Å²) in [6, 6.07) is 7.46. The second kappa shape index (κ2) is 4.62. The number of nitrogens with zero attached hydrogens (tertiary/aromatic N) is 1. The molecule has 2 nitrogen and oxygen atoms in total. The van der Waals surface area contributed by atoms with Crippen LogP contribution in [-0.2, 0) is 0 Å². The number of alkyl halides is 1. The van der Waals surface area contributed by atoms with E-state index in [4.69, 9.17) is 5.73 Å². The van der Waals surface area contributed by atoms with E-state index in [9.17, 15) is 4.39 Å². The molecule has 1 aromatic rings. The Hall–Kier alpha value is -1.09. The second-order valence-electron chi connectivity index (χ2n) is 4.05. The first-order valence-corrected chi connectivity index (χ1v) is 5.47. The molecule has 2 rings (SSSR count). The van der Waals surface area contributed by atoms with Crippen LogP contribution in [0.25, 0.3) is 0 Å². The maximum Gasteiger partial charge on any atom is 0.109 e. The van der Waals surface area contributed by atoms with Crippen LogP contribution < -0.4 is 10.6 Å². The number of halogens is 1. The summed E-state index contributed by atoms with van der Waals surface area (Å²) >= 11 is 0. The van der Waals surface area contributed by atoms with Crippen molar-refractivity contribution in [3.63, 3.8) is 0 Å². The van der Waals surface area contributed by atoms with Crippen molar-refractivity contribution in [1.82, 2.24) is 0 Å². The fraction of sp³-hybridized carbons (Fsp3) is 0.500. The van der Waals surface area contributed by atoms with E-state index in [0.717, 1.165) is 18.7 Å². The average molecular weight is 208 g/mol. The summed E-state index contributed by atoms with van der Waals surface area (Å²) in [7, 11) is 0. The summed E-state index contributed by atoms with van der Waals surface area (Å²) in [5, 5.41) is 0. The minimum absolute atomic E-state index is 0.474. The van der Waals surface area contributed by atoms with Crippen LogP contribution in [0.15, 0.2) is 24.3 Å². The van der Waals surface area contributed by atoms with Crippen molar-refractivity contribution in [3.8, 4) is 0 Å². The third-order valence-electron chi connectivity index (χ3n) is 2.96. The van der Waals surface area contributed by atoms with E-state index in [1.54, 1.807) is 0 Å². The van der Waals surface area contributed by atoms with Crippen molar-refractivity contribution in [2.75, 3.05) is 24.7 Å². The summed E-state index contributed by atoms with van der Waals surface area (Å²) < 4.78 is 12.3. The van der Waals surface area contributed by atoms with Gasteiger partial charge in [-0.2, -0.15) is 0 Å². The van der Waals surface area contributed by atoms with Gasteiger partial charge < -0.3 is 10.6 Å². The van der Waals surface area contributed by atoms with Gasteiger partial charge in [0.15, 0.2) is 0 Å². The zero-order valence-corrected chi connectivity index (χ0v) is 8.82. The minimum atomic E-state index is -0.497. The SMILES string of the molecule is N[C@H](CF)c1ccc(N2CCCC2)cc1. The van der Waals surface area contributed by atoms with Gasteiger partial charge in [-0.15, -0.1) is 0 Å². The molecule has 1 fully saturated rings. The van der Waals surface area contributed by atoms with Crippen LogP contribution in [0.3, 0.4) is 0 Å². The number of anilines is 1. The predicted octanol–water partition coefficient (Wildman–Crippen LogP) is 2.26. The Morgan fingerprint density at radius 3 is 2.33 bits per heavy atom. The van der Waals surface area contributed by atoms with Crippen molar-refractivity contribution < 1.29 is 4.39 Å². The molecule has 0 bridgehead atoms.